The molecule has 1 N–H and O–H groups in total. The molecule has 0 radical (unpaired) electrons. The molecular weight excluding hydrogens is 242 g/mol. The van der Waals surface area contributed by atoms with Crippen LogP contribution >= 0.6 is 15.9 Å². The van der Waals surface area contributed by atoms with Crippen LogP contribution in [0.25, 0.3) is 11.0 Å². The minimum atomic E-state index is 0.361. The molecular formula is C10H12BrN3. The van der Waals surface area contributed by atoms with Gasteiger partial charge in [-0.1, -0.05) is 13.8 Å². The SMILES string of the molecule is Cc1nc(C(C)C)nc2[nH]cc(Br)c12. The van der Waals surface area contributed by atoms with Gasteiger partial charge in [0.1, 0.15) is 11.5 Å². The van der Waals surface area contributed by atoms with Crippen molar-refractivity contribution in [3.63, 3.8) is 0 Å². The van der Waals surface area contributed by atoms with Crippen LogP contribution in [0.3, 0.4) is 0 Å². The monoisotopic (exact) mass is 253 g/mol. The van der Waals surface area contributed by atoms with Gasteiger partial charge in [-0.15, -0.1) is 0 Å². The molecule has 2 rings (SSSR count). The van der Waals surface area contributed by atoms with Crippen molar-refractivity contribution in [3.05, 3.63) is 22.2 Å². The Morgan fingerprint density at radius 1 is 1.36 bits per heavy atom. The van der Waals surface area contributed by atoms with Gasteiger partial charge in [0.25, 0.3) is 0 Å². The van der Waals surface area contributed by atoms with Gasteiger partial charge < -0.3 is 4.98 Å². The highest BCUT2D eigenvalue weighted by molar-refractivity contribution is 9.10. The fourth-order valence-electron chi connectivity index (χ4n) is 1.45. The summed E-state index contributed by atoms with van der Waals surface area (Å²) in [6.07, 6.45) is 1.90. The third kappa shape index (κ3) is 1.43. The summed E-state index contributed by atoms with van der Waals surface area (Å²) in [7, 11) is 0. The molecule has 0 atom stereocenters. The molecule has 0 aliphatic carbocycles. The number of rotatable bonds is 1. The molecule has 0 aliphatic heterocycles. The molecule has 14 heavy (non-hydrogen) atoms. The van der Waals surface area contributed by atoms with Crippen molar-refractivity contribution in [1.82, 2.24) is 15.0 Å². The first-order valence-corrected chi connectivity index (χ1v) is 5.40. The molecule has 2 aromatic heterocycles. The van der Waals surface area contributed by atoms with E-state index in [1.165, 1.54) is 0 Å². The molecule has 2 heterocycles. The van der Waals surface area contributed by atoms with Crippen LogP contribution in [0.5, 0.6) is 0 Å². The number of aromatic amines is 1. The number of aromatic nitrogens is 3. The Kier molecular flexibility index (Phi) is 2.31. The summed E-state index contributed by atoms with van der Waals surface area (Å²) in [6, 6.07) is 0. The van der Waals surface area contributed by atoms with Crippen molar-refractivity contribution in [3.8, 4) is 0 Å². The molecule has 3 nitrogen and oxygen atoms in total. The fraction of sp³-hybridized carbons (Fsp3) is 0.400. The Morgan fingerprint density at radius 2 is 2.07 bits per heavy atom. The third-order valence-corrected chi connectivity index (χ3v) is 2.82. The lowest BCUT2D eigenvalue weighted by Crippen LogP contribution is -1.99. The summed E-state index contributed by atoms with van der Waals surface area (Å²) in [6.45, 7) is 6.20. The Morgan fingerprint density at radius 3 is 2.71 bits per heavy atom. The second kappa shape index (κ2) is 3.35. The van der Waals surface area contributed by atoms with Gasteiger partial charge in [-0.05, 0) is 22.9 Å². The average Bonchev–Trinajstić information content (AvgIpc) is 2.48. The summed E-state index contributed by atoms with van der Waals surface area (Å²) < 4.78 is 1.03. The molecule has 0 saturated heterocycles. The van der Waals surface area contributed by atoms with Gasteiger partial charge in [0.05, 0.1) is 11.1 Å². The number of nitrogens with zero attached hydrogens (tertiary/aromatic N) is 2. The van der Waals surface area contributed by atoms with E-state index in [1.807, 2.05) is 13.1 Å². The number of fused-ring (bicyclic) bond motifs is 1. The third-order valence-electron chi connectivity index (χ3n) is 2.20. The Bertz CT molecular complexity index is 473. The zero-order chi connectivity index (χ0) is 10.3. The van der Waals surface area contributed by atoms with Crippen LogP contribution in [0.1, 0.15) is 31.3 Å². The van der Waals surface area contributed by atoms with Crippen molar-refractivity contribution in [2.45, 2.75) is 26.7 Å². The van der Waals surface area contributed by atoms with E-state index in [0.29, 0.717) is 5.92 Å². The van der Waals surface area contributed by atoms with Crippen molar-refractivity contribution >= 4 is 27.0 Å². The second-order valence-electron chi connectivity index (χ2n) is 3.68. The molecule has 0 bridgehead atoms. The molecule has 2 aromatic rings. The topological polar surface area (TPSA) is 41.6 Å². The normalized spacial score (nSPS) is 11.5. The first-order valence-electron chi connectivity index (χ1n) is 4.60. The van der Waals surface area contributed by atoms with Gasteiger partial charge in [-0.3, -0.25) is 0 Å². The van der Waals surface area contributed by atoms with E-state index in [4.69, 9.17) is 0 Å². The highest BCUT2D eigenvalue weighted by Gasteiger charge is 2.10. The van der Waals surface area contributed by atoms with Gasteiger partial charge in [0, 0.05) is 16.6 Å². The maximum Gasteiger partial charge on any atom is 0.142 e. The van der Waals surface area contributed by atoms with E-state index in [0.717, 1.165) is 27.0 Å². The van der Waals surface area contributed by atoms with Crippen molar-refractivity contribution in [1.29, 1.82) is 0 Å². The van der Waals surface area contributed by atoms with E-state index < -0.39 is 0 Å². The molecule has 0 fully saturated rings. The summed E-state index contributed by atoms with van der Waals surface area (Å²) >= 11 is 3.47. The summed E-state index contributed by atoms with van der Waals surface area (Å²) in [5.74, 6) is 1.25. The smallest absolute Gasteiger partial charge is 0.142 e. The lowest BCUT2D eigenvalue weighted by molar-refractivity contribution is 0.775. The maximum absolute atomic E-state index is 4.47. The van der Waals surface area contributed by atoms with Gasteiger partial charge in [0.15, 0.2) is 0 Å². The van der Waals surface area contributed by atoms with Crippen molar-refractivity contribution in [2.24, 2.45) is 0 Å². The predicted molar refractivity (Wildman–Crippen MR) is 60.4 cm³/mol. The Labute approximate surface area is 91.1 Å². The lowest BCUT2D eigenvalue weighted by atomic mass is 10.2. The van der Waals surface area contributed by atoms with Crippen molar-refractivity contribution < 1.29 is 0 Å². The minimum Gasteiger partial charge on any atom is -0.345 e. The maximum atomic E-state index is 4.47. The van der Waals surface area contributed by atoms with Crippen molar-refractivity contribution in [2.75, 3.05) is 0 Å². The largest absolute Gasteiger partial charge is 0.345 e. The zero-order valence-corrected chi connectivity index (χ0v) is 10.0. The zero-order valence-electron chi connectivity index (χ0n) is 8.43. The lowest BCUT2D eigenvalue weighted by Gasteiger charge is -2.05. The van der Waals surface area contributed by atoms with E-state index in [-0.39, 0.29) is 0 Å². The molecule has 0 spiro atoms. The molecule has 0 amide bonds. The number of hydrogen-bond acceptors (Lipinski definition) is 2. The quantitative estimate of drug-likeness (QED) is 0.849. The number of hydrogen-bond donors (Lipinski definition) is 1. The Hall–Kier alpha value is -0.900. The molecule has 0 aromatic carbocycles. The Balaban J connectivity index is 2.74. The predicted octanol–water partition coefficient (Wildman–Crippen LogP) is 3.15. The van der Waals surface area contributed by atoms with Gasteiger partial charge in [-0.25, -0.2) is 9.97 Å². The fourth-order valence-corrected chi connectivity index (χ4v) is 2.04. The molecule has 4 heteroatoms. The summed E-state index contributed by atoms with van der Waals surface area (Å²) in [4.78, 5) is 12.1. The molecule has 0 aliphatic rings. The van der Waals surface area contributed by atoms with Gasteiger partial charge in [-0.2, -0.15) is 0 Å². The van der Waals surface area contributed by atoms with Crippen LogP contribution in [0.4, 0.5) is 0 Å². The molecule has 74 valence electrons. The van der Waals surface area contributed by atoms with E-state index in [2.05, 4.69) is 44.7 Å². The van der Waals surface area contributed by atoms with Crippen LogP contribution in [0, 0.1) is 6.92 Å². The van der Waals surface area contributed by atoms with Crippen LogP contribution < -0.4 is 0 Å². The minimum absolute atomic E-state index is 0.361. The van der Waals surface area contributed by atoms with Crippen LogP contribution in [-0.2, 0) is 0 Å². The first-order chi connectivity index (χ1) is 6.59. The van der Waals surface area contributed by atoms with E-state index in [1.54, 1.807) is 0 Å². The highest BCUT2D eigenvalue weighted by atomic mass is 79.9. The van der Waals surface area contributed by atoms with E-state index >= 15 is 0 Å². The van der Waals surface area contributed by atoms with Crippen LogP contribution in [0.2, 0.25) is 0 Å². The standard InChI is InChI=1S/C10H12BrN3/c1-5(2)9-13-6(3)8-7(11)4-12-10(8)14-9/h4-5H,1-3H3,(H,12,13,14). The number of aryl methyl sites for hydroxylation is 1. The average molecular weight is 254 g/mol. The first kappa shape index (κ1) is 9.65. The van der Waals surface area contributed by atoms with Gasteiger partial charge in [0.2, 0.25) is 0 Å². The summed E-state index contributed by atoms with van der Waals surface area (Å²) in [5, 5.41) is 1.08. The van der Waals surface area contributed by atoms with Crippen LogP contribution in [0.15, 0.2) is 10.7 Å². The summed E-state index contributed by atoms with van der Waals surface area (Å²) in [5.41, 5.74) is 1.93. The van der Waals surface area contributed by atoms with E-state index in [9.17, 15) is 0 Å². The number of halogens is 1. The van der Waals surface area contributed by atoms with Gasteiger partial charge >= 0.3 is 0 Å². The molecule has 0 saturated carbocycles. The number of H-pyrrole nitrogens is 1. The van der Waals surface area contributed by atoms with Crippen LogP contribution in [-0.4, -0.2) is 15.0 Å². The number of nitrogens with one attached hydrogen (secondary N) is 1. The molecule has 0 unspecified atom stereocenters. The highest BCUT2D eigenvalue weighted by Crippen LogP contribution is 2.25. The second-order valence-corrected chi connectivity index (χ2v) is 4.54.